The molecule has 3 N–H and O–H groups in total. The SMILES string of the molecule is CC(C)n1c(/C=C/C(O)CC(O)CC(=O)O)c(-c2ccc(F)cc2)c2c3ccccc3n(Cc3ccc(F)cc3)c(=O)c21. The Bertz CT molecular complexity index is 1870. The van der Waals surface area contributed by atoms with Crippen LogP contribution in [0.5, 0.6) is 0 Å². The average molecular weight is 587 g/mol. The van der Waals surface area contributed by atoms with Gasteiger partial charge in [-0.3, -0.25) is 9.59 Å². The van der Waals surface area contributed by atoms with Crippen LogP contribution in [0.4, 0.5) is 8.78 Å². The normalized spacial score (nSPS) is 13.4. The quantitative estimate of drug-likeness (QED) is 0.183. The molecule has 3 aromatic carbocycles. The molecule has 0 fully saturated rings. The Morgan fingerprint density at radius 1 is 0.930 bits per heavy atom. The monoisotopic (exact) mass is 586 g/mol. The molecule has 0 aliphatic rings. The molecule has 0 radical (unpaired) electrons. The number of benzene rings is 3. The van der Waals surface area contributed by atoms with Crippen LogP contribution >= 0.6 is 0 Å². The number of fused-ring (bicyclic) bond motifs is 3. The molecule has 9 heteroatoms. The molecule has 0 amide bonds. The van der Waals surface area contributed by atoms with E-state index in [9.17, 15) is 28.6 Å². The molecule has 0 aliphatic heterocycles. The third-order valence-corrected chi connectivity index (χ3v) is 7.46. The predicted molar refractivity (Wildman–Crippen MR) is 163 cm³/mol. The summed E-state index contributed by atoms with van der Waals surface area (Å²) in [6.45, 7) is 4.06. The first kappa shape index (κ1) is 29.9. The Labute approximate surface area is 246 Å². The molecule has 43 heavy (non-hydrogen) atoms. The fourth-order valence-corrected chi connectivity index (χ4v) is 5.62. The molecule has 5 aromatic rings. The molecule has 2 aromatic heterocycles. The van der Waals surface area contributed by atoms with Crippen molar-refractivity contribution in [3.8, 4) is 11.1 Å². The zero-order chi connectivity index (χ0) is 30.8. The number of para-hydroxylation sites is 1. The zero-order valence-electron chi connectivity index (χ0n) is 23.7. The van der Waals surface area contributed by atoms with E-state index in [4.69, 9.17) is 5.11 Å². The molecule has 2 atom stereocenters. The first-order valence-corrected chi connectivity index (χ1v) is 14.0. The van der Waals surface area contributed by atoms with Gasteiger partial charge in [0.2, 0.25) is 0 Å². The van der Waals surface area contributed by atoms with Crippen molar-refractivity contribution in [2.24, 2.45) is 0 Å². The first-order chi connectivity index (χ1) is 20.5. The van der Waals surface area contributed by atoms with E-state index in [0.29, 0.717) is 33.2 Å². The van der Waals surface area contributed by atoms with Crippen LogP contribution in [0.1, 0.15) is 44.0 Å². The molecule has 222 valence electrons. The van der Waals surface area contributed by atoms with Crippen LogP contribution in [0.15, 0.2) is 83.7 Å². The number of hydrogen-bond donors (Lipinski definition) is 3. The summed E-state index contributed by atoms with van der Waals surface area (Å²) >= 11 is 0. The van der Waals surface area contributed by atoms with E-state index in [-0.39, 0.29) is 30.4 Å². The van der Waals surface area contributed by atoms with Gasteiger partial charge in [-0.05, 0) is 61.4 Å². The van der Waals surface area contributed by atoms with Crippen LogP contribution in [-0.2, 0) is 11.3 Å². The summed E-state index contributed by atoms with van der Waals surface area (Å²) in [5, 5.41) is 31.1. The van der Waals surface area contributed by atoms with Gasteiger partial charge >= 0.3 is 5.97 Å². The maximum atomic E-state index is 14.4. The third-order valence-electron chi connectivity index (χ3n) is 7.46. The van der Waals surface area contributed by atoms with Crippen LogP contribution in [0.2, 0.25) is 0 Å². The molecule has 0 bridgehead atoms. The number of aromatic nitrogens is 2. The topological polar surface area (TPSA) is 105 Å². The minimum absolute atomic E-state index is 0.190. The number of rotatable bonds is 10. The Hall–Kier alpha value is -4.60. The molecule has 2 heterocycles. The van der Waals surface area contributed by atoms with Gasteiger partial charge < -0.3 is 24.5 Å². The fourth-order valence-electron chi connectivity index (χ4n) is 5.62. The van der Waals surface area contributed by atoms with Gasteiger partial charge in [-0.1, -0.05) is 48.5 Å². The fraction of sp³-hybridized carbons (Fsp3) is 0.235. The lowest BCUT2D eigenvalue weighted by Gasteiger charge is -2.16. The Kier molecular flexibility index (Phi) is 8.57. The number of aliphatic hydroxyl groups is 2. The van der Waals surface area contributed by atoms with Gasteiger partial charge in [-0.2, -0.15) is 0 Å². The molecule has 0 spiro atoms. The second-order valence-corrected chi connectivity index (χ2v) is 10.9. The molecule has 0 saturated carbocycles. The molecule has 2 unspecified atom stereocenters. The van der Waals surface area contributed by atoms with Gasteiger partial charge in [0.15, 0.2) is 0 Å². The Balaban J connectivity index is 1.81. The highest BCUT2D eigenvalue weighted by molar-refractivity contribution is 6.15. The number of aliphatic hydroxyl groups excluding tert-OH is 2. The number of aliphatic carboxylic acids is 1. The van der Waals surface area contributed by atoms with Crippen LogP contribution in [-0.4, -0.2) is 42.6 Å². The Morgan fingerprint density at radius 2 is 1.56 bits per heavy atom. The van der Waals surface area contributed by atoms with Gasteiger partial charge in [0.1, 0.15) is 17.2 Å². The summed E-state index contributed by atoms with van der Waals surface area (Å²) in [7, 11) is 0. The number of carboxylic acid groups (broad SMARTS) is 1. The summed E-state index contributed by atoms with van der Waals surface area (Å²) in [6.07, 6.45) is 0.0228. The van der Waals surface area contributed by atoms with E-state index in [1.54, 1.807) is 34.9 Å². The molecule has 0 aliphatic carbocycles. The molecule has 0 saturated heterocycles. The number of halogens is 2. The van der Waals surface area contributed by atoms with Crippen LogP contribution in [0.25, 0.3) is 39.0 Å². The lowest BCUT2D eigenvalue weighted by Crippen LogP contribution is -2.24. The summed E-state index contributed by atoms with van der Waals surface area (Å²) < 4.78 is 31.2. The van der Waals surface area contributed by atoms with E-state index in [1.807, 2.05) is 42.7 Å². The highest BCUT2D eigenvalue weighted by Crippen LogP contribution is 2.40. The second kappa shape index (κ2) is 12.3. The molecule has 5 rings (SSSR count). The van der Waals surface area contributed by atoms with Crippen molar-refractivity contribution < 1.29 is 28.9 Å². The lowest BCUT2D eigenvalue weighted by molar-refractivity contribution is -0.139. The van der Waals surface area contributed by atoms with Gasteiger partial charge in [0, 0.05) is 34.5 Å². The summed E-state index contributed by atoms with van der Waals surface area (Å²) in [6, 6.07) is 19.2. The van der Waals surface area contributed by atoms with Crippen molar-refractivity contribution in [2.45, 2.75) is 51.5 Å². The molecular formula is C34H32F2N2O5. The Morgan fingerprint density at radius 3 is 2.19 bits per heavy atom. The third kappa shape index (κ3) is 6.14. The van der Waals surface area contributed by atoms with E-state index in [2.05, 4.69) is 0 Å². The first-order valence-electron chi connectivity index (χ1n) is 14.0. The number of carbonyl (C=O) groups is 1. The maximum absolute atomic E-state index is 14.4. The van der Waals surface area contributed by atoms with Gasteiger partial charge in [-0.15, -0.1) is 0 Å². The van der Waals surface area contributed by atoms with E-state index in [1.165, 1.54) is 30.3 Å². The standard InChI is InChI=1S/C34H32F2N2O5/c1-20(2)38-29(16-15-25(39)17-26(40)18-30(41)42)31(22-9-13-24(36)14-10-22)32-27-5-3-4-6-28(27)37(34(43)33(32)38)19-21-7-11-23(35)12-8-21/h3-16,20,25-26,39-40H,17-19H2,1-2H3,(H,41,42)/b16-15+. The molecule has 7 nitrogen and oxygen atoms in total. The summed E-state index contributed by atoms with van der Waals surface area (Å²) in [4.78, 5) is 25.4. The summed E-state index contributed by atoms with van der Waals surface area (Å²) in [5.41, 5.74) is 3.47. The number of pyridine rings is 1. The zero-order valence-corrected chi connectivity index (χ0v) is 23.7. The predicted octanol–water partition coefficient (Wildman–Crippen LogP) is 6.13. The van der Waals surface area contributed by atoms with Crippen LogP contribution in [0.3, 0.4) is 0 Å². The van der Waals surface area contributed by atoms with Crippen molar-refractivity contribution in [3.63, 3.8) is 0 Å². The van der Waals surface area contributed by atoms with Crippen molar-refractivity contribution in [3.05, 3.63) is 112 Å². The van der Waals surface area contributed by atoms with E-state index in [0.717, 1.165) is 10.9 Å². The number of carboxylic acids is 1. The largest absolute Gasteiger partial charge is 0.481 e. The summed E-state index contributed by atoms with van der Waals surface area (Å²) in [5.74, 6) is -1.96. The van der Waals surface area contributed by atoms with Crippen molar-refractivity contribution in [1.29, 1.82) is 0 Å². The minimum Gasteiger partial charge on any atom is -0.481 e. The lowest BCUT2D eigenvalue weighted by atomic mass is 9.98. The van der Waals surface area contributed by atoms with Crippen LogP contribution < -0.4 is 5.56 Å². The minimum atomic E-state index is -1.24. The van der Waals surface area contributed by atoms with Gasteiger partial charge in [-0.25, -0.2) is 8.78 Å². The van der Waals surface area contributed by atoms with Crippen molar-refractivity contribution in [1.82, 2.24) is 9.13 Å². The maximum Gasteiger partial charge on any atom is 0.305 e. The van der Waals surface area contributed by atoms with Crippen molar-refractivity contribution >= 4 is 33.9 Å². The van der Waals surface area contributed by atoms with Crippen LogP contribution in [0, 0.1) is 11.6 Å². The number of hydrogen-bond acceptors (Lipinski definition) is 4. The van der Waals surface area contributed by atoms with E-state index < -0.39 is 30.4 Å². The van der Waals surface area contributed by atoms with Gasteiger partial charge in [0.05, 0.1) is 30.7 Å². The van der Waals surface area contributed by atoms with E-state index >= 15 is 0 Å². The highest BCUT2D eigenvalue weighted by Gasteiger charge is 2.25. The molecular weight excluding hydrogens is 554 g/mol. The average Bonchev–Trinajstić information content (AvgIpc) is 3.31. The second-order valence-electron chi connectivity index (χ2n) is 10.9. The number of nitrogens with zero attached hydrogens (tertiary/aromatic N) is 2. The van der Waals surface area contributed by atoms with Gasteiger partial charge in [0.25, 0.3) is 5.56 Å². The smallest absolute Gasteiger partial charge is 0.305 e. The highest BCUT2D eigenvalue weighted by atomic mass is 19.1. The van der Waals surface area contributed by atoms with Crippen molar-refractivity contribution in [2.75, 3.05) is 0 Å².